The maximum Gasteiger partial charge on any atom is 0.305 e. The molecular formula is C57H109N3O4. The van der Waals surface area contributed by atoms with E-state index in [9.17, 15) is 9.59 Å². The molecule has 1 aromatic rings. The minimum atomic E-state index is -0.0457. The van der Waals surface area contributed by atoms with Crippen molar-refractivity contribution < 1.29 is 19.1 Å². The molecule has 0 N–H and O–H groups in total. The summed E-state index contributed by atoms with van der Waals surface area (Å²) in [5, 5.41) is 0. The van der Waals surface area contributed by atoms with Crippen LogP contribution in [0.3, 0.4) is 0 Å². The molecule has 1 aromatic heterocycles. The highest BCUT2D eigenvalue weighted by atomic mass is 16.5. The number of carbonyl (C=O) groups excluding carboxylic acids is 2. The molecule has 0 radical (unpaired) electrons. The lowest BCUT2D eigenvalue weighted by molar-refractivity contribution is -0.146. The maximum absolute atomic E-state index is 13.1. The third kappa shape index (κ3) is 38.2. The Hall–Kier alpha value is -1.89. The first-order valence-electron chi connectivity index (χ1n) is 28.4. The normalized spacial score (nSPS) is 12.6. The summed E-state index contributed by atoms with van der Waals surface area (Å²) in [5.41, 5.74) is 0. The van der Waals surface area contributed by atoms with Crippen LogP contribution >= 0.6 is 0 Å². The van der Waals surface area contributed by atoms with Crippen molar-refractivity contribution in [2.75, 3.05) is 32.8 Å². The second kappa shape index (κ2) is 46.2. The molecule has 2 unspecified atom stereocenters. The Bertz CT molecular complexity index is 1140. The first-order valence-corrected chi connectivity index (χ1v) is 28.4. The smallest absolute Gasteiger partial charge is 0.305 e. The average molecular weight is 901 g/mol. The van der Waals surface area contributed by atoms with Crippen molar-refractivity contribution in [3.8, 4) is 0 Å². The van der Waals surface area contributed by atoms with Crippen LogP contribution in [0.25, 0.3) is 0 Å². The molecule has 0 spiro atoms. The Labute approximate surface area is 398 Å². The maximum atomic E-state index is 13.1. The Morgan fingerprint density at radius 1 is 0.469 bits per heavy atom. The average Bonchev–Trinajstić information content (AvgIpc) is 3.71. The van der Waals surface area contributed by atoms with E-state index >= 15 is 0 Å². The molecule has 64 heavy (non-hydrogen) atoms. The van der Waals surface area contributed by atoms with Crippen molar-refractivity contribution in [2.24, 2.45) is 11.8 Å². The van der Waals surface area contributed by atoms with Crippen molar-refractivity contribution in [3.63, 3.8) is 0 Å². The SMILES string of the molecule is CCCCCCCCCCCC(CCCCCCCC)COC(=O)CCCN(CCCC(=O)OCC(CCCCCCCCC)CCCCCCCCCC)CCCn1ccnc1C. The molecule has 1 rings (SSSR count). The van der Waals surface area contributed by atoms with E-state index in [1.165, 1.54) is 218 Å². The standard InChI is InChI=1S/C57H109N3O4/c1-6-10-14-18-22-24-27-31-35-42-54(39-32-28-21-17-13-9-4)51-63-56(61)43-36-46-59(48-38-49-60-50-45-58-53(60)5)47-37-44-57(62)64-52-55(40-33-29-25-20-16-12-8-3)41-34-30-26-23-19-15-11-7-2/h45,50,54-55H,6-44,46-49,51-52H2,1-5H3. The summed E-state index contributed by atoms with van der Waals surface area (Å²) in [6, 6.07) is 0. The lowest BCUT2D eigenvalue weighted by Gasteiger charge is -2.23. The van der Waals surface area contributed by atoms with E-state index in [1.54, 1.807) is 0 Å². The number of nitrogens with zero attached hydrogens (tertiary/aromatic N) is 3. The highest BCUT2D eigenvalue weighted by Crippen LogP contribution is 2.22. The fourth-order valence-electron chi connectivity index (χ4n) is 9.44. The van der Waals surface area contributed by atoms with Gasteiger partial charge in [0.2, 0.25) is 0 Å². The molecule has 0 saturated heterocycles. The zero-order chi connectivity index (χ0) is 46.4. The summed E-state index contributed by atoms with van der Waals surface area (Å²) in [4.78, 5) is 33.1. The highest BCUT2D eigenvalue weighted by Gasteiger charge is 2.16. The molecule has 0 aliphatic heterocycles. The third-order valence-electron chi connectivity index (χ3n) is 13.8. The molecule has 0 aliphatic carbocycles. The zero-order valence-corrected chi connectivity index (χ0v) is 43.6. The van der Waals surface area contributed by atoms with E-state index in [4.69, 9.17) is 9.47 Å². The zero-order valence-electron chi connectivity index (χ0n) is 43.6. The molecule has 2 atom stereocenters. The molecule has 0 fully saturated rings. The Kier molecular flexibility index (Phi) is 43.4. The number of aromatic nitrogens is 2. The van der Waals surface area contributed by atoms with Gasteiger partial charge < -0.3 is 18.9 Å². The summed E-state index contributed by atoms with van der Waals surface area (Å²) in [6.45, 7) is 15.9. The van der Waals surface area contributed by atoms with Crippen molar-refractivity contribution in [1.82, 2.24) is 14.5 Å². The topological polar surface area (TPSA) is 73.7 Å². The number of aryl methyl sites for hydroxylation is 2. The largest absolute Gasteiger partial charge is 0.465 e. The van der Waals surface area contributed by atoms with Crippen LogP contribution in [-0.4, -0.2) is 59.2 Å². The number of carbonyl (C=O) groups is 2. The Balaban J connectivity index is 2.60. The number of esters is 2. The lowest BCUT2D eigenvalue weighted by Crippen LogP contribution is -2.29. The van der Waals surface area contributed by atoms with Crippen molar-refractivity contribution >= 4 is 11.9 Å². The van der Waals surface area contributed by atoms with Gasteiger partial charge in [-0.3, -0.25) is 9.59 Å². The van der Waals surface area contributed by atoms with Crippen molar-refractivity contribution in [1.29, 1.82) is 0 Å². The molecule has 376 valence electrons. The fourth-order valence-corrected chi connectivity index (χ4v) is 9.44. The fraction of sp³-hybridized carbons (Fsp3) is 0.912. The monoisotopic (exact) mass is 900 g/mol. The molecule has 7 heteroatoms. The van der Waals surface area contributed by atoms with Gasteiger partial charge >= 0.3 is 11.9 Å². The van der Waals surface area contributed by atoms with Crippen LogP contribution in [0.4, 0.5) is 0 Å². The summed E-state index contributed by atoms with van der Waals surface area (Å²) in [6.07, 6.45) is 52.1. The van der Waals surface area contributed by atoms with Gasteiger partial charge in [-0.05, 0) is 83.3 Å². The molecule has 1 heterocycles. The Morgan fingerprint density at radius 3 is 1.09 bits per heavy atom. The second-order valence-electron chi connectivity index (χ2n) is 20.0. The number of imidazole rings is 1. The summed E-state index contributed by atoms with van der Waals surface area (Å²) >= 11 is 0. The van der Waals surface area contributed by atoms with Crippen molar-refractivity contribution in [2.45, 2.75) is 292 Å². The third-order valence-corrected chi connectivity index (χ3v) is 13.8. The molecule has 7 nitrogen and oxygen atoms in total. The molecule has 0 amide bonds. The predicted molar refractivity (Wildman–Crippen MR) is 275 cm³/mol. The van der Waals surface area contributed by atoms with Crippen molar-refractivity contribution in [3.05, 3.63) is 18.2 Å². The highest BCUT2D eigenvalue weighted by molar-refractivity contribution is 5.69. The van der Waals surface area contributed by atoms with Crippen LogP contribution in [0.15, 0.2) is 12.4 Å². The summed E-state index contributed by atoms with van der Waals surface area (Å²) in [7, 11) is 0. The first kappa shape index (κ1) is 60.1. The lowest BCUT2D eigenvalue weighted by atomic mass is 9.94. The van der Waals surface area contributed by atoms with Crippen LogP contribution in [-0.2, 0) is 25.6 Å². The molecule has 0 saturated carbocycles. The van der Waals surface area contributed by atoms with E-state index in [-0.39, 0.29) is 11.9 Å². The molecule has 0 aliphatic rings. The minimum absolute atomic E-state index is 0.0454. The second-order valence-corrected chi connectivity index (χ2v) is 20.0. The number of rotatable bonds is 50. The van der Waals surface area contributed by atoms with E-state index in [0.717, 1.165) is 51.3 Å². The van der Waals surface area contributed by atoms with E-state index in [2.05, 4.69) is 55.3 Å². The molecule has 0 bridgehead atoms. The number of hydrogen-bond donors (Lipinski definition) is 0. The predicted octanol–water partition coefficient (Wildman–Crippen LogP) is 17.1. The number of unbranched alkanes of at least 4 members (excludes halogenated alkanes) is 26. The van der Waals surface area contributed by atoms with Crippen LogP contribution < -0.4 is 0 Å². The molecule has 0 aromatic carbocycles. The van der Waals surface area contributed by atoms with Gasteiger partial charge in [-0.25, -0.2) is 4.98 Å². The van der Waals surface area contributed by atoms with E-state index < -0.39 is 0 Å². The van der Waals surface area contributed by atoms with Crippen LogP contribution in [0, 0.1) is 18.8 Å². The van der Waals surface area contributed by atoms with Gasteiger partial charge in [0.25, 0.3) is 0 Å². The van der Waals surface area contributed by atoms with Gasteiger partial charge in [0.15, 0.2) is 0 Å². The quantitative estimate of drug-likeness (QED) is 0.0479. The van der Waals surface area contributed by atoms with Crippen LogP contribution in [0.5, 0.6) is 0 Å². The van der Waals surface area contributed by atoms with Gasteiger partial charge in [0, 0.05) is 31.8 Å². The van der Waals surface area contributed by atoms with Gasteiger partial charge in [-0.2, -0.15) is 0 Å². The Morgan fingerprint density at radius 2 is 0.781 bits per heavy atom. The minimum Gasteiger partial charge on any atom is -0.465 e. The number of hydrogen-bond acceptors (Lipinski definition) is 6. The van der Waals surface area contributed by atoms with Crippen LogP contribution in [0.1, 0.15) is 284 Å². The first-order chi connectivity index (χ1) is 31.4. The van der Waals surface area contributed by atoms with Gasteiger partial charge in [0.1, 0.15) is 5.82 Å². The van der Waals surface area contributed by atoms with E-state index in [0.29, 0.717) is 37.9 Å². The van der Waals surface area contributed by atoms with Gasteiger partial charge in [-0.15, -0.1) is 0 Å². The van der Waals surface area contributed by atoms with E-state index in [1.807, 2.05) is 6.20 Å². The van der Waals surface area contributed by atoms with Gasteiger partial charge in [-0.1, -0.05) is 220 Å². The number of ether oxygens (including phenoxy) is 2. The summed E-state index contributed by atoms with van der Waals surface area (Å²) < 4.78 is 14.2. The van der Waals surface area contributed by atoms with Gasteiger partial charge in [0.05, 0.1) is 13.2 Å². The van der Waals surface area contributed by atoms with Crippen LogP contribution in [0.2, 0.25) is 0 Å². The summed E-state index contributed by atoms with van der Waals surface area (Å²) in [5.74, 6) is 1.93. The molecular weight excluding hydrogens is 791 g/mol.